The number of carbonyl (C=O) groups excluding carboxylic acids is 1. The van der Waals surface area contributed by atoms with Gasteiger partial charge in [0.25, 0.3) is 5.91 Å². The lowest BCUT2D eigenvalue weighted by Crippen LogP contribution is -2.30. The van der Waals surface area contributed by atoms with Gasteiger partial charge in [-0.3, -0.25) is 4.79 Å². The van der Waals surface area contributed by atoms with E-state index in [2.05, 4.69) is 11.1 Å². The van der Waals surface area contributed by atoms with Gasteiger partial charge in [-0.1, -0.05) is 25.1 Å². The fourth-order valence-corrected chi connectivity index (χ4v) is 4.11. The van der Waals surface area contributed by atoms with Gasteiger partial charge in [-0.2, -0.15) is 5.26 Å². The van der Waals surface area contributed by atoms with Gasteiger partial charge in [0.1, 0.15) is 5.69 Å². The molecule has 0 bridgehead atoms. The van der Waals surface area contributed by atoms with Gasteiger partial charge in [0.05, 0.1) is 12.3 Å². The minimum atomic E-state index is -3.66. The van der Waals surface area contributed by atoms with Crippen LogP contribution in [0.25, 0.3) is 0 Å². The van der Waals surface area contributed by atoms with Gasteiger partial charge in [0.2, 0.25) is 10.0 Å². The second-order valence-corrected chi connectivity index (χ2v) is 9.40. The van der Waals surface area contributed by atoms with E-state index in [1.807, 2.05) is 46.9 Å². The lowest BCUT2D eigenvalue weighted by atomic mass is 10.0. The van der Waals surface area contributed by atoms with Crippen molar-refractivity contribution in [2.24, 2.45) is 5.92 Å². The minimum Gasteiger partial charge on any atom is -0.318 e. The smallest absolute Gasteiger partial charge is 0.284 e. The van der Waals surface area contributed by atoms with Crippen molar-refractivity contribution in [3.63, 3.8) is 0 Å². The molecule has 1 heterocycles. The number of rotatable bonds is 9. The number of para-hydroxylation sites is 1. The molecule has 1 unspecified atom stereocenters. The van der Waals surface area contributed by atoms with E-state index in [9.17, 15) is 13.2 Å². The van der Waals surface area contributed by atoms with E-state index in [1.54, 1.807) is 6.92 Å². The fourth-order valence-electron chi connectivity index (χ4n) is 2.72. The first-order valence-corrected chi connectivity index (χ1v) is 11.7. The highest BCUT2D eigenvalue weighted by Gasteiger charge is 2.22. The summed E-state index contributed by atoms with van der Waals surface area (Å²) in [6.07, 6.45) is 3.32. The Hall–Kier alpha value is -2.44. The molecule has 1 aromatic carbocycles. The number of nitrogens with one attached hydrogen (secondary N) is 1. The number of aryl methyl sites for hydroxylation is 1. The van der Waals surface area contributed by atoms with Crippen LogP contribution in [-0.2, 0) is 10.0 Å². The highest BCUT2D eigenvalue weighted by Crippen LogP contribution is 2.32. The molecule has 0 fully saturated rings. The maximum Gasteiger partial charge on any atom is 0.284 e. The van der Waals surface area contributed by atoms with Gasteiger partial charge < -0.3 is 4.90 Å². The summed E-state index contributed by atoms with van der Waals surface area (Å²) in [4.78, 5) is 19.3. The SMILES string of the molecule is CCC(C#N)CCCN(c1ccccc1)c1nc(C(=O)NS(C)(=O)=O)c(C)s1. The monoisotopic (exact) mass is 420 g/mol. The molecule has 1 atom stereocenters. The average Bonchev–Trinajstić information content (AvgIpc) is 3.03. The van der Waals surface area contributed by atoms with Crippen molar-refractivity contribution in [2.75, 3.05) is 17.7 Å². The molecule has 0 radical (unpaired) electrons. The Morgan fingerprint density at radius 3 is 2.61 bits per heavy atom. The maximum atomic E-state index is 12.2. The number of benzene rings is 1. The summed E-state index contributed by atoms with van der Waals surface area (Å²) < 4.78 is 24.7. The van der Waals surface area contributed by atoms with Crippen molar-refractivity contribution in [3.05, 3.63) is 40.9 Å². The van der Waals surface area contributed by atoms with Crippen LogP contribution in [0.4, 0.5) is 10.8 Å². The van der Waals surface area contributed by atoms with Crippen LogP contribution in [0.1, 0.15) is 41.6 Å². The van der Waals surface area contributed by atoms with E-state index in [-0.39, 0.29) is 11.6 Å². The molecule has 7 nitrogen and oxygen atoms in total. The van der Waals surface area contributed by atoms with Crippen LogP contribution in [-0.4, -0.2) is 32.1 Å². The quantitative estimate of drug-likeness (QED) is 0.665. The van der Waals surface area contributed by atoms with E-state index < -0.39 is 15.9 Å². The molecule has 28 heavy (non-hydrogen) atoms. The first-order chi connectivity index (χ1) is 13.2. The number of nitrogens with zero attached hydrogens (tertiary/aromatic N) is 3. The normalized spacial score (nSPS) is 12.2. The second-order valence-electron chi connectivity index (χ2n) is 6.47. The van der Waals surface area contributed by atoms with Crippen molar-refractivity contribution in [3.8, 4) is 6.07 Å². The van der Waals surface area contributed by atoms with Crippen LogP contribution in [0, 0.1) is 24.2 Å². The van der Waals surface area contributed by atoms with Crippen LogP contribution in [0.5, 0.6) is 0 Å². The Bertz CT molecular complexity index is 949. The molecule has 1 amide bonds. The van der Waals surface area contributed by atoms with Crippen LogP contribution in [0.2, 0.25) is 0 Å². The lowest BCUT2D eigenvalue weighted by molar-refractivity contribution is 0.0977. The Labute approximate surface area is 170 Å². The summed E-state index contributed by atoms with van der Waals surface area (Å²) in [5.74, 6) is -0.710. The topological polar surface area (TPSA) is 103 Å². The fraction of sp³-hybridized carbons (Fsp3) is 0.421. The number of carbonyl (C=O) groups is 1. The molecule has 0 aliphatic rings. The molecular formula is C19H24N4O3S2. The lowest BCUT2D eigenvalue weighted by Gasteiger charge is -2.22. The van der Waals surface area contributed by atoms with Crippen molar-refractivity contribution in [1.82, 2.24) is 9.71 Å². The predicted octanol–water partition coefficient (Wildman–Crippen LogP) is 3.61. The Morgan fingerprint density at radius 2 is 2.04 bits per heavy atom. The zero-order valence-electron chi connectivity index (χ0n) is 16.2. The molecule has 150 valence electrons. The highest BCUT2D eigenvalue weighted by molar-refractivity contribution is 7.89. The van der Waals surface area contributed by atoms with Crippen LogP contribution < -0.4 is 9.62 Å². The zero-order chi connectivity index (χ0) is 20.7. The van der Waals surface area contributed by atoms with Gasteiger partial charge in [-0.15, -0.1) is 11.3 Å². The molecule has 2 rings (SSSR count). The van der Waals surface area contributed by atoms with Gasteiger partial charge in [-0.05, 0) is 38.3 Å². The number of nitriles is 1. The minimum absolute atomic E-state index is 0.0201. The van der Waals surface area contributed by atoms with Crippen molar-refractivity contribution in [2.45, 2.75) is 33.1 Å². The number of amides is 1. The molecule has 2 aromatic rings. The summed E-state index contributed by atoms with van der Waals surface area (Å²) in [5, 5.41) is 9.77. The molecule has 9 heteroatoms. The molecule has 1 aromatic heterocycles. The Kier molecular flexibility index (Phi) is 7.54. The van der Waals surface area contributed by atoms with Gasteiger partial charge >= 0.3 is 0 Å². The highest BCUT2D eigenvalue weighted by atomic mass is 32.2. The van der Waals surface area contributed by atoms with Gasteiger partial charge in [0.15, 0.2) is 5.13 Å². The summed E-state index contributed by atoms with van der Waals surface area (Å²) >= 11 is 1.34. The number of hydrogen-bond donors (Lipinski definition) is 1. The summed E-state index contributed by atoms with van der Waals surface area (Å²) in [5.41, 5.74) is 1.03. The molecule has 1 N–H and O–H groups in total. The zero-order valence-corrected chi connectivity index (χ0v) is 17.8. The molecule has 0 spiro atoms. The Morgan fingerprint density at radius 1 is 1.36 bits per heavy atom. The third kappa shape index (κ3) is 6.04. The molecule has 0 aliphatic carbocycles. The van der Waals surface area contributed by atoms with Gasteiger partial charge in [-0.25, -0.2) is 18.1 Å². The van der Waals surface area contributed by atoms with E-state index in [4.69, 9.17) is 5.26 Å². The van der Waals surface area contributed by atoms with Crippen molar-refractivity contribution >= 4 is 38.1 Å². The van der Waals surface area contributed by atoms with E-state index in [0.717, 1.165) is 31.2 Å². The number of hydrogen-bond acceptors (Lipinski definition) is 7. The average molecular weight is 421 g/mol. The van der Waals surface area contributed by atoms with Crippen LogP contribution >= 0.6 is 11.3 Å². The van der Waals surface area contributed by atoms with Gasteiger partial charge in [0, 0.05) is 23.0 Å². The largest absolute Gasteiger partial charge is 0.318 e. The summed E-state index contributed by atoms with van der Waals surface area (Å²) in [6, 6.07) is 12.0. The summed E-state index contributed by atoms with van der Waals surface area (Å²) in [7, 11) is -3.66. The first-order valence-electron chi connectivity index (χ1n) is 8.97. The Balaban J connectivity index is 2.27. The van der Waals surface area contributed by atoms with E-state index in [1.165, 1.54) is 11.3 Å². The van der Waals surface area contributed by atoms with E-state index in [0.29, 0.717) is 16.6 Å². The first kappa shape index (κ1) is 21.9. The molecule has 0 saturated heterocycles. The van der Waals surface area contributed by atoms with Crippen LogP contribution in [0.15, 0.2) is 30.3 Å². The predicted molar refractivity (Wildman–Crippen MR) is 111 cm³/mol. The van der Waals surface area contributed by atoms with E-state index >= 15 is 0 Å². The number of aromatic nitrogens is 1. The maximum absolute atomic E-state index is 12.2. The standard InChI is InChI=1S/C19H24N4O3S2/c1-4-15(13-20)9-8-12-23(16-10-6-5-7-11-16)19-21-17(14(2)27-19)18(24)22-28(3,25)26/h5-7,10-11,15H,4,8-9,12H2,1-3H3,(H,22,24). The third-order valence-electron chi connectivity index (χ3n) is 4.19. The number of thiazole rings is 1. The number of anilines is 2. The number of sulfonamides is 1. The van der Waals surface area contributed by atoms with Crippen molar-refractivity contribution < 1.29 is 13.2 Å². The van der Waals surface area contributed by atoms with Crippen molar-refractivity contribution in [1.29, 1.82) is 5.26 Å². The molecule has 0 aliphatic heterocycles. The van der Waals surface area contributed by atoms with Crippen LogP contribution in [0.3, 0.4) is 0 Å². The second kappa shape index (κ2) is 9.66. The third-order valence-corrected chi connectivity index (χ3v) is 5.74. The molecular weight excluding hydrogens is 396 g/mol. The molecule has 0 saturated carbocycles. The summed E-state index contributed by atoms with van der Waals surface area (Å²) in [6.45, 7) is 4.38.